The number of halogens is 1. The summed E-state index contributed by atoms with van der Waals surface area (Å²) in [5, 5.41) is 12.8. The molecule has 0 aliphatic heterocycles. The van der Waals surface area contributed by atoms with Crippen molar-refractivity contribution in [3.05, 3.63) is 69.3 Å². The van der Waals surface area contributed by atoms with Gasteiger partial charge in [-0.1, -0.05) is 28.1 Å². The Kier molecular flexibility index (Phi) is 3.12. The Hall–Kier alpha value is -2.73. The Morgan fingerprint density at radius 1 is 1.09 bits per heavy atom. The van der Waals surface area contributed by atoms with Crippen LogP contribution in [0.5, 0.6) is 0 Å². The molecule has 4 aromatic rings. The average Bonchev–Trinajstić information content (AvgIpc) is 2.92. The lowest BCUT2D eigenvalue weighted by Gasteiger charge is -2.03. The van der Waals surface area contributed by atoms with Gasteiger partial charge in [-0.3, -0.25) is 15.1 Å². The van der Waals surface area contributed by atoms with E-state index < -0.39 is 0 Å². The van der Waals surface area contributed by atoms with Crippen molar-refractivity contribution in [2.24, 2.45) is 0 Å². The van der Waals surface area contributed by atoms with E-state index in [-0.39, 0.29) is 10.6 Å². The Bertz CT molecular complexity index is 1070. The summed E-state index contributed by atoms with van der Waals surface area (Å²) in [5.74, 6) is 0. The third-order valence-electron chi connectivity index (χ3n) is 3.81. The van der Waals surface area contributed by atoms with Crippen LogP contribution in [0, 0.1) is 10.1 Å². The Balaban J connectivity index is 2.04. The van der Waals surface area contributed by atoms with E-state index in [4.69, 9.17) is 0 Å². The van der Waals surface area contributed by atoms with Crippen LogP contribution in [-0.4, -0.2) is 14.9 Å². The highest BCUT2D eigenvalue weighted by atomic mass is 79.9. The van der Waals surface area contributed by atoms with Gasteiger partial charge < -0.3 is 4.98 Å². The number of nitrogens with one attached hydrogen (secondary N) is 1. The van der Waals surface area contributed by atoms with Crippen molar-refractivity contribution in [3.8, 4) is 11.3 Å². The zero-order valence-electron chi connectivity index (χ0n) is 11.8. The maximum atomic E-state index is 11.0. The summed E-state index contributed by atoms with van der Waals surface area (Å²) in [6, 6.07) is 14.6. The molecule has 6 heteroatoms. The van der Waals surface area contributed by atoms with E-state index in [1.165, 1.54) is 6.07 Å². The largest absolute Gasteiger partial charge is 0.353 e. The van der Waals surface area contributed by atoms with Gasteiger partial charge in [0.2, 0.25) is 0 Å². The standard InChI is InChI=1S/C17H10BrN3O2/c18-11-3-1-2-10(8-11)16-17-13(6-7-19-16)14-9-12(21(22)23)4-5-15(14)20-17/h1-9,20H. The van der Waals surface area contributed by atoms with Crippen LogP contribution in [0.15, 0.2) is 59.2 Å². The van der Waals surface area contributed by atoms with Crippen molar-refractivity contribution in [3.63, 3.8) is 0 Å². The molecule has 0 spiro atoms. The molecule has 5 nitrogen and oxygen atoms in total. The van der Waals surface area contributed by atoms with Gasteiger partial charge in [-0.15, -0.1) is 0 Å². The Morgan fingerprint density at radius 2 is 1.96 bits per heavy atom. The third kappa shape index (κ3) is 2.27. The van der Waals surface area contributed by atoms with Crippen molar-refractivity contribution < 1.29 is 4.92 Å². The van der Waals surface area contributed by atoms with Crippen LogP contribution in [-0.2, 0) is 0 Å². The molecule has 0 aliphatic rings. The first kappa shape index (κ1) is 13.9. The summed E-state index contributed by atoms with van der Waals surface area (Å²) in [4.78, 5) is 18.4. The van der Waals surface area contributed by atoms with Gasteiger partial charge in [0.25, 0.3) is 5.69 Å². The van der Waals surface area contributed by atoms with Crippen molar-refractivity contribution in [1.29, 1.82) is 0 Å². The predicted octanol–water partition coefficient (Wildman–Crippen LogP) is 5.05. The SMILES string of the molecule is O=[N+]([O-])c1ccc2[nH]c3c(-c4cccc(Br)c4)nccc3c2c1. The number of non-ortho nitro benzene ring substituents is 1. The molecule has 1 N–H and O–H groups in total. The van der Waals surface area contributed by atoms with Crippen LogP contribution in [0.2, 0.25) is 0 Å². The first-order chi connectivity index (χ1) is 11.1. The van der Waals surface area contributed by atoms with Gasteiger partial charge in [-0.25, -0.2) is 0 Å². The number of fused-ring (bicyclic) bond motifs is 3. The summed E-state index contributed by atoms with van der Waals surface area (Å²) in [5.41, 5.74) is 3.61. The molecule has 0 saturated carbocycles. The van der Waals surface area contributed by atoms with E-state index in [1.54, 1.807) is 18.3 Å². The number of pyridine rings is 1. The Morgan fingerprint density at radius 3 is 2.74 bits per heavy atom. The molecule has 0 bridgehead atoms. The molecule has 0 unspecified atom stereocenters. The van der Waals surface area contributed by atoms with Gasteiger partial charge in [-0.05, 0) is 24.3 Å². The second-order valence-electron chi connectivity index (χ2n) is 5.20. The first-order valence-electron chi connectivity index (χ1n) is 6.94. The smallest absolute Gasteiger partial charge is 0.270 e. The molecule has 0 atom stereocenters. The lowest BCUT2D eigenvalue weighted by molar-refractivity contribution is -0.384. The zero-order chi connectivity index (χ0) is 16.0. The summed E-state index contributed by atoms with van der Waals surface area (Å²) in [7, 11) is 0. The lowest BCUT2D eigenvalue weighted by Crippen LogP contribution is -1.86. The lowest BCUT2D eigenvalue weighted by atomic mass is 10.1. The van der Waals surface area contributed by atoms with Gasteiger partial charge in [0.05, 0.1) is 16.1 Å². The van der Waals surface area contributed by atoms with Gasteiger partial charge in [0.15, 0.2) is 0 Å². The van der Waals surface area contributed by atoms with E-state index in [2.05, 4.69) is 25.9 Å². The minimum atomic E-state index is -0.380. The van der Waals surface area contributed by atoms with Crippen LogP contribution in [0.4, 0.5) is 5.69 Å². The average molecular weight is 368 g/mol. The number of hydrogen-bond acceptors (Lipinski definition) is 3. The highest BCUT2D eigenvalue weighted by Gasteiger charge is 2.14. The molecule has 0 saturated heterocycles. The molecular formula is C17H10BrN3O2. The maximum Gasteiger partial charge on any atom is 0.270 e. The first-order valence-corrected chi connectivity index (χ1v) is 7.73. The van der Waals surface area contributed by atoms with E-state index >= 15 is 0 Å². The molecule has 0 radical (unpaired) electrons. The van der Waals surface area contributed by atoms with Gasteiger partial charge >= 0.3 is 0 Å². The summed E-state index contributed by atoms with van der Waals surface area (Å²) in [6.45, 7) is 0. The van der Waals surface area contributed by atoms with Gasteiger partial charge in [-0.2, -0.15) is 0 Å². The topological polar surface area (TPSA) is 71.8 Å². The fourth-order valence-corrected chi connectivity index (χ4v) is 3.18. The van der Waals surface area contributed by atoms with Crippen LogP contribution >= 0.6 is 15.9 Å². The normalized spacial score (nSPS) is 11.2. The molecule has 2 heterocycles. The fraction of sp³-hybridized carbons (Fsp3) is 0. The molecule has 4 rings (SSSR count). The number of aromatic amines is 1. The molecule has 2 aromatic heterocycles. The third-order valence-corrected chi connectivity index (χ3v) is 4.31. The number of benzene rings is 2. The molecule has 0 aliphatic carbocycles. The quantitative estimate of drug-likeness (QED) is 0.397. The predicted molar refractivity (Wildman–Crippen MR) is 93.4 cm³/mol. The number of nitro groups is 1. The fourth-order valence-electron chi connectivity index (χ4n) is 2.78. The number of rotatable bonds is 2. The summed E-state index contributed by atoms with van der Waals surface area (Å²) in [6.07, 6.45) is 1.73. The van der Waals surface area contributed by atoms with Crippen LogP contribution in [0.3, 0.4) is 0 Å². The zero-order valence-corrected chi connectivity index (χ0v) is 13.4. The number of nitrogens with zero attached hydrogens (tertiary/aromatic N) is 2. The summed E-state index contributed by atoms with van der Waals surface area (Å²) >= 11 is 3.47. The van der Waals surface area contributed by atoms with Crippen molar-refractivity contribution in [1.82, 2.24) is 9.97 Å². The van der Waals surface area contributed by atoms with Gasteiger partial charge in [0, 0.05) is 44.7 Å². The summed E-state index contributed by atoms with van der Waals surface area (Å²) < 4.78 is 0.973. The number of aromatic nitrogens is 2. The number of H-pyrrole nitrogens is 1. The van der Waals surface area contributed by atoms with Crippen LogP contribution < -0.4 is 0 Å². The van der Waals surface area contributed by atoms with Crippen molar-refractivity contribution in [2.45, 2.75) is 0 Å². The maximum absolute atomic E-state index is 11.0. The van der Waals surface area contributed by atoms with Crippen molar-refractivity contribution in [2.75, 3.05) is 0 Å². The highest BCUT2D eigenvalue weighted by Crippen LogP contribution is 2.33. The molecular weight excluding hydrogens is 358 g/mol. The van der Waals surface area contributed by atoms with Crippen LogP contribution in [0.25, 0.3) is 33.1 Å². The minimum absolute atomic E-state index is 0.0826. The number of nitro benzene ring substituents is 1. The second-order valence-corrected chi connectivity index (χ2v) is 6.12. The highest BCUT2D eigenvalue weighted by molar-refractivity contribution is 9.10. The molecule has 0 amide bonds. The molecule has 23 heavy (non-hydrogen) atoms. The van der Waals surface area contributed by atoms with Crippen LogP contribution in [0.1, 0.15) is 0 Å². The van der Waals surface area contributed by atoms with Gasteiger partial charge in [0.1, 0.15) is 0 Å². The minimum Gasteiger partial charge on any atom is -0.353 e. The monoisotopic (exact) mass is 367 g/mol. The molecule has 2 aromatic carbocycles. The van der Waals surface area contributed by atoms with E-state index in [1.807, 2.05) is 30.3 Å². The Labute approximate surface area is 139 Å². The van der Waals surface area contributed by atoms with Crippen molar-refractivity contribution >= 4 is 43.4 Å². The molecule has 112 valence electrons. The number of hydrogen-bond donors (Lipinski definition) is 1. The van der Waals surface area contributed by atoms with E-state index in [0.29, 0.717) is 0 Å². The molecule has 0 fully saturated rings. The van der Waals surface area contributed by atoms with E-state index in [9.17, 15) is 10.1 Å². The van der Waals surface area contributed by atoms with E-state index in [0.717, 1.165) is 37.5 Å². The second kappa shape index (κ2) is 5.17.